The summed E-state index contributed by atoms with van der Waals surface area (Å²) in [6, 6.07) is 13.8. The van der Waals surface area contributed by atoms with E-state index in [0.717, 1.165) is 6.07 Å². The van der Waals surface area contributed by atoms with E-state index in [1.54, 1.807) is 36.4 Å². The molecule has 31 heavy (non-hydrogen) atoms. The molecular weight excluding hydrogens is 445 g/mol. The van der Waals surface area contributed by atoms with Crippen molar-refractivity contribution in [2.24, 2.45) is 0 Å². The van der Waals surface area contributed by atoms with E-state index in [2.05, 4.69) is 15.5 Å². The molecule has 4 rings (SSSR count). The third kappa shape index (κ3) is 4.14. The van der Waals surface area contributed by atoms with Crippen molar-refractivity contribution < 1.29 is 14.5 Å². The van der Waals surface area contributed by atoms with Crippen LogP contribution in [0.3, 0.4) is 0 Å². The largest absolute Gasteiger partial charge is 0.495 e. The second-order valence-corrected chi connectivity index (χ2v) is 7.20. The lowest BCUT2D eigenvalue weighted by Gasteiger charge is -2.06. The zero-order chi connectivity index (χ0) is 22.1. The highest BCUT2D eigenvalue weighted by molar-refractivity contribution is 6.34. The third-order valence-corrected chi connectivity index (χ3v) is 5.02. The number of amides is 1. The summed E-state index contributed by atoms with van der Waals surface area (Å²) in [4.78, 5) is 24.2. The molecule has 0 atom stereocenters. The van der Waals surface area contributed by atoms with Gasteiger partial charge in [0, 0.05) is 17.8 Å². The Morgan fingerprint density at radius 2 is 1.81 bits per heavy atom. The van der Waals surface area contributed by atoms with E-state index >= 15 is 0 Å². The average Bonchev–Trinajstić information content (AvgIpc) is 3.16. The maximum Gasteiger partial charge on any atom is 0.270 e. The molecule has 0 saturated carbocycles. The van der Waals surface area contributed by atoms with Gasteiger partial charge in [-0.15, -0.1) is 10.2 Å². The van der Waals surface area contributed by atoms with Crippen molar-refractivity contribution in [3.05, 3.63) is 80.3 Å². The Balaban J connectivity index is 1.59. The molecule has 0 aliphatic heterocycles. The summed E-state index contributed by atoms with van der Waals surface area (Å²) in [5, 5.41) is 22.8. The molecule has 0 radical (unpaired) electrons. The number of hydrogen-bond acceptors (Lipinski definition) is 6. The van der Waals surface area contributed by atoms with Crippen LogP contribution < -0.4 is 10.1 Å². The number of methoxy groups -OCH3 is 1. The van der Waals surface area contributed by atoms with Crippen LogP contribution in [0, 0.1) is 10.1 Å². The number of ether oxygens (including phenoxy) is 1. The van der Waals surface area contributed by atoms with Crippen LogP contribution in [0.15, 0.2) is 54.6 Å². The summed E-state index contributed by atoms with van der Waals surface area (Å²) in [5.41, 5.74) is 2.18. The second-order valence-electron chi connectivity index (χ2n) is 6.39. The Labute approximate surface area is 185 Å². The molecule has 1 amide bonds. The number of nitrogens with zero attached hydrogens (tertiary/aromatic N) is 4. The van der Waals surface area contributed by atoms with Gasteiger partial charge in [-0.2, -0.15) is 4.80 Å². The Morgan fingerprint density at radius 1 is 1.03 bits per heavy atom. The highest BCUT2D eigenvalue weighted by atomic mass is 35.5. The molecule has 156 valence electrons. The monoisotopic (exact) mass is 457 g/mol. The highest BCUT2D eigenvalue weighted by Gasteiger charge is 2.16. The molecule has 1 heterocycles. The predicted octanol–water partition coefficient (Wildman–Crippen LogP) is 4.90. The maximum atomic E-state index is 12.5. The van der Waals surface area contributed by atoms with Gasteiger partial charge in [-0.3, -0.25) is 14.9 Å². The first-order valence-electron chi connectivity index (χ1n) is 8.82. The number of anilines is 1. The number of fused-ring (bicyclic) bond motifs is 1. The fraction of sp³-hybridized carbons (Fsp3) is 0.0500. The van der Waals surface area contributed by atoms with Gasteiger partial charge in [0.2, 0.25) is 0 Å². The van der Waals surface area contributed by atoms with Gasteiger partial charge in [0.05, 0.1) is 33.3 Å². The van der Waals surface area contributed by atoms with Crippen molar-refractivity contribution in [2.45, 2.75) is 0 Å². The highest BCUT2D eigenvalue weighted by Crippen LogP contribution is 2.27. The number of hydrogen-bond donors (Lipinski definition) is 1. The van der Waals surface area contributed by atoms with E-state index < -0.39 is 10.8 Å². The Hall–Kier alpha value is -3.69. The fourth-order valence-electron chi connectivity index (χ4n) is 2.89. The lowest BCUT2D eigenvalue weighted by Crippen LogP contribution is -2.12. The van der Waals surface area contributed by atoms with E-state index in [4.69, 9.17) is 27.9 Å². The number of benzene rings is 3. The van der Waals surface area contributed by atoms with E-state index in [-0.39, 0.29) is 16.3 Å². The Kier molecular flexibility index (Phi) is 5.45. The number of aromatic nitrogens is 3. The molecule has 0 unspecified atom stereocenters. The summed E-state index contributed by atoms with van der Waals surface area (Å²) < 4.78 is 5.15. The standard InChI is InChI=1S/C20H13Cl2N5O4/c1-31-19-7-4-12(9-16(19)22)26-24-17-6-2-11(8-18(17)25-26)23-20(28)14-5-3-13(27(29)30)10-15(14)21/h2-10H,1H3,(H,23,28). The van der Waals surface area contributed by atoms with Gasteiger partial charge in [0.15, 0.2) is 0 Å². The van der Waals surface area contributed by atoms with Crippen LogP contribution in [-0.2, 0) is 0 Å². The second kappa shape index (κ2) is 8.21. The van der Waals surface area contributed by atoms with E-state index in [1.807, 2.05) is 0 Å². The number of non-ortho nitro benzene ring substituents is 1. The van der Waals surface area contributed by atoms with E-state index in [0.29, 0.717) is 33.2 Å². The van der Waals surface area contributed by atoms with E-state index in [1.165, 1.54) is 24.0 Å². The molecule has 9 nitrogen and oxygen atoms in total. The average molecular weight is 458 g/mol. The molecule has 3 aromatic carbocycles. The van der Waals surface area contributed by atoms with Gasteiger partial charge in [0.1, 0.15) is 16.8 Å². The summed E-state index contributed by atoms with van der Waals surface area (Å²) in [7, 11) is 1.53. The first-order valence-corrected chi connectivity index (χ1v) is 9.57. The summed E-state index contributed by atoms with van der Waals surface area (Å²) in [5.74, 6) is 0.0330. The zero-order valence-corrected chi connectivity index (χ0v) is 17.4. The molecule has 1 N–H and O–H groups in total. The molecule has 0 aliphatic rings. The molecule has 11 heteroatoms. The van der Waals surface area contributed by atoms with Crippen LogP contribution >= 0.6 is 23.2 Å². The van der Waals surface area contributed by atoms with Gasteiger partial charge in [-0.25, -0.2) is 0 Å². The van der Waals surface area contributed by atoms with Gasteiger partial charge in [-0.1, -0.05) is 23.2 Å². The number of nitro groups is 1. The Bertz CT molecular complexity index is 1340. The fourth-order valence-corrected chi connectivity index (χ4v) is 3.40. The first kappa shape index (κ1) is 20.6. The van der Waals surface area contributed by atoms with Crippen molar-refractivity contribution in [1.29, 1.82) is 0 Å². The van der Waals surface area contributed by atoms with E-state index in [9.17, 15) is 14.9 Å². The number of halogens is 2. The molecule has 0 bridgehead atoms. The van der Waals surface area contributed by atoms with Crippen LogP contribution in [0.25, 0.3) is 16.7 Å². The minimum absolute atomic E-state index is 0.0184. The molecule has 1 aromatic heterocycles. The summed E-state index contributed by atoms with van der Waals surface area (Å²) in [6.07, 6.45) is 0. The molecule has 0 aliphatic carbocycles. The maximum absolute atomic E-state index is 12.5. The molecule has 0 spiro atoms. The minimum Gasteiger partial charge on any atom is -0.495 e. The molecule has 4 aromatic rings. The van der Waals surface area contributed by atoms with Crippen LogP contribution in [-0.4, -0.2) is 32.9 Å². The van der Waals surface area contributed by atoms with Crippen molar-refractivity contribution in [3.8, 4) is 11.4 Å². The Morgan fingerprint density at radius 3 is 2.48 bits per heavy atom. The predicted molar refractivity (Wildman–Crippen MR) is 116 cm³/mol. The summed E-state index contributed by atoms with van der Waals surface area (Å²) >= 11 is 12.2. The zero-order valence-electron chi connectivity index (χ0n) is 15.9. The van der Waals surface area contributed by atoms with Crippen molar-refractivity contribution >= 4 is 51.5 Å². The van der Waals surface area contributed by atoms with Gasteiger partial charge in [0.25, 0.3) is 11.6 Å². The van der Waals surface area contributed by atoms with Gasteiger partial charge in [-0.05, 0) is 42.5 Å². The molecule has 0 fully saturated rings. The quantitative estimate of drug-likeness (QED) is 0.337. The first-order chi connectivity index (χ1) is 14.9. The van der Waals surface area contributed by atoms with Gasteiger partial charge < -0.3 is 10.1 Å². The summed E-state index contributed by atoms with van der Waals surface area (Å²) in [6.45, 7) is 0. The van der Waals surface area contributed by atoms with Crippen molar-refractivity contribution in [2.75, 3.05) is 12.4 Å². The van der Waals surface area contributed by atoms with Crippen LogP contribution in [0.1, 0.15) is 10.4 Å². The van der Waals surface area contributed by atoms with Crippen LogP contribution in [0.4, 0.5) is 11.4 Å². The minimum atomic E-state index is -0.583. The number of carbonyl (C=O) groups is 1. The number of nitro benzene ring substituents is 1. The molecule has 0 saturated heterocycles. The van der Waals surface area contributed by atoms with Crippen LogP contribution in [0.5, 0.6) is 5.75 Å². The lowest BCUT2D eigenvalue weighted by atomic mass is 10.2. The number of nitrogens with one attached hydrogen (secondary N) is 1. The van der Waals surface area contributed by atoms with Crippen LogP contribution in [0.2, 0.25) is 10.0 Å². The normalized spacial score (nSPS) is 10.8. The number of carbonyl (C=O) groups excluding carboxylic acids is 1. The third-order valence-electron chi connectivity index (χ3n) is 4.41. The smallest absolute Gasteiger partial charge is 0.270 e. The van der Waals surface area contributed by atoms with Gasteiger partial charge >= 0.3 is 0 Å². The SMILES string of the molecule is COc1ccc(-n2nc3ccc(NC(=O)c4ccc([N+](=O)[O-])cc4Cl)cc3n2)cc1Cl. The van der Waals surface area contributed by atoms with Crippen molar-refractivity contribution in [1.82, 2.24) is 15.0 Å². The lowest BCUT2D eigenvalue weighted by molar-refractivity contribution is -0.384. The van der Waals surface area contributed by atoms with Crippen molar-refractivity contribution in [3.63, 3.8) is 0 Å². The number of rotatable bonds is 5. The topological polar surface area (TPSA) is 112 Å². The molecular formula is C20H13Cl2N5O4.